The number of hydrogen-bond donors (Lipinski definition) is 0. The van der Waals surface area contributed by atoms with Gasteiger partial charge in [-0.25, -0.2) is 8.42 Å². The van der Waals surface area contributed by atoms with Crippen LogP contribution < -0.4 is 0 Å². The second-order valence-electron chi connectivity index (χ2n) is 3.75. The van der Waals surface area contributed by atoms with Gasteiger partial charge in [0, 0.05) is 24.9 Å². The Bertz CT molecular complexity index is 416. The first-order chi connectivity index (χ1) is 7.51. The predicted octanol–water partition coefficient (Wildman–Crippen LogP) is 0.884. The Morgan fingerprint density at radius 1 is 1.44 bits per heavy atom. The van der Waals surface area contributed by atoms with E-state index in [1.165, 1.54) is 6.26 Å². The van der Waals surface area contributed by atoms with Crippen molar-refractivity contribution in [3.63, 3.8) is 0 Å². The number of aryl methyl sites for hydroxylation is 2. The molecule has 0 spiro atoms. The third kappa shape index (κ3) is 5.46. The Hall–Kier alpha value is -0.620. The molecule has 0 N–H and O–H groups in total. The zero-order valence-corrected chi connectivity index (χ0v) is 10.8. The molecule has 0 atom stereocenters. The maximum absolute atomic E-state index is 10.9. The molecule has 1 aromatic rings. The van der Waals surface area contributed by atoms with Crippen LogP contribution >= 0.6 is 11.6 Å². The van der Waals surface area contributed by atoms with Crippen molar-refractivity contribution in [3.05, 3.63) is 11.9 Å². The third-order valence-electron chi connectivity index (χ3n) is 2.05. The van der Waals surface area contributed by atoms with E-state index < -0.39 is 9.84 Å². The van der Waals surface area contributed by atoms with Crippen molar-refractivity contribution in [1.29, 1.82) is 0 Å². The smallest absolute Gasteiger partial charge is 0.147 e. The highest BCUT2D eigenvalue weighted by atomic mass is 35.5. The highest BCUT2D eigenvalue weighted by Crippen LogP contribution is 2.00. The van der Waals surface area contributed by atoms with Gasteiger partial charge in [-0.15, -0.1) is 16.7 Å². The van der Waals surface area contributed by atoms with Gasteiger partial charge in [-0.3, -0.25) is 4.68 Å². The van der Waals surface area contributed by atoms with Crippen LogP contribution in [0.1, 0.15) is 18.5 Å². The Kier molecular flexibility index (Phi) is 5.21. The number of sulfone groups is 1. The van der Waals surface area contributed by atoms with E-state index in [0.717, 1.165) is 18.5 Å². The van der Waals surface area contributed by atoms with Gasteiger partial charge in [-0.1, -0.05) is 5.21 Å². The lowest BCUT2D eigenvalue weighted by Gasteiger charge is -1.98. The molecule has 0 radical (unpaired) electrons. The van der Waals surface area contributed by atoms with Crippen molar-refractivity contribution in [2.75, 3.05) is 17.9 Å². The van der Waals surface area contributed by atoms with E-state index in [0.29, 0.717) is 18.8 Å². The lowest BCUT2D eigenvalue weighted by molar-refractivity contribution is 0.564. The normalized spacial score (nSPS) is 11.9. The molecule has 1 aromatic heterocycles. The Morgan fingerprint density at radius 2 is 2.19 bits per heavy atom. The van der Waals surface area contributed by atoms with Crippen molar-refractivity contribution in [3.8, 4) is 0 Å². The van der Waals surface area contributed by atoms with Crippen molar-refractivity contribution >= 4 is 21.4 Å². The standard InChI is InChI=1S/C9H16ClN3O2S/c1-16(14,15)7-3-6-13-8-9(11-12-13)4-2-5-10/h8H,2-7H2,1H3. The summed E-state index contributed by atoms with van der Waals surface area (Å²) in [7, 11) is -2.88. The van der Waals surface area contributed by atoms with Gasteiger partial charge in [-0.05, 0) is 19.3 Å². The average Bonchev–Trinajstić information content (AvgIpc) is 2.61. The summed E-state index contributed by atoms with van der Waals surface area (Å²) < 4.78 is 23.5. The fourth-order valence-corrected chi connectivity index (χ4v) is 2.09. The van der Waals surface area contributed by atoms with Gasteiger partial charge in [0.2, 0.25) is 0 Å². The first kappa shape index (κ1) is 13.4. The van der Waals surface area contributed by atoms with Crippen LogP contribution in [0.15, 0.2) is 6.20 Å². The molecule has 0 aromatic carbocycles. The van der Waals surface area contributed by atoms with Crippen LogP contribution in [-0.4, -0.2) is 41.3 Å². The molecular formula is C9H16ClN3O2S. The molecule has 1 heterocycles. The van der Waals surface area contributed by atoms with Gasteiger partial charge >= 0.3 is 0 Å². The average molecular weight is 266 g/mol. The van der Waals surface area contributed by atoms with Crippen LogP contribution in [0.4, 0.5) is 0 Å². The molecule has 0 saturated heterocycles. The molecule has 1 rings (SSSR count). The maximum Gasteiger partial charge on any atom is 0.147 e. The van der Waals surface area contributed by atoms with E-state index in [9.17, 15) is 8.42 Å². The summed E-state index contributed by atoms with van der Waals surface area (Å²) in [6.45, 7) is 0.584. The summed E-state index contributed by atoms with van der Waals surface area (Å²) in [5.74, 6) is 0.796. The lowest BCUT2D eigenvalue weighted by atomic mass is 10.3. The second kappa shape index (κ2) is 6.20. The number of hydrogen-bond acceptors (Lipinski definition) is 4. The number of halogens is 1. The van der Waals surface area contributed by atoms with Crippen LogP contribution in [0, 0.1) is 0 Å². The fraction of sp³-hybridized carbons (Fsp3) is 0.778. The Balaban J connectivity index is 2.35. The van der Waals surface area contributed by atoms with Gasteiger partial charge < -0.3 is 0 Å². The summed E-state index contributed by atoms with van der Waals surface area (Å²) >= 11 is 5.57. The summed E-state index contributed by atoms with van der Waals surface area (Å²) in [5.41, 5.74) is 0.903. The Labute approximate surface area is 101 Å². The minimum Gasteiger partial charge on any atom is -0.252 e. The number of nitrogens with zero attached hydrogens (tertiary/aromatic N) is 3. The van der Waals surface area contributed by atoms with Crippen molar-refractivity contribution in [2.24, 2.45) is 0 Å². The number of alkyl halides is 1. The van der Waals surface area contributed by atoms with Crippen LogP contribution in [0.25, 0.3) is 0 Å². The summed E-state index contributed by atoms with van der Waals surface area (Å²) in [5, 5.41) is 7.89. The zero-order valence-electron chi connectivity index (χ0n) is 9.26. The molecule has 0 amide bonds. The first-order valence-corrected chi connectivity index (χ1v) is 7.73. The molecule has 0 aliphatic rings. The van der Waals surface area contributed by atoms with Crippen molar-refractivity contribution in [2.45, 2.75) is 25.8 Å². The van der Waals surface area contributed by atoms with E-state index in [1.54, 1.807) is 4.68 Å². The molecule has 0 aliphatic carbocycles. The van der Waals surface area contributed by atoms with Gasteiger partial charge in [0.05, 0.1) is 11.4 Å². The zero-order chi connectivity index (χ0) is 12.0. The molecule has 0 aliphatic heterocycles. The largest absolute Gasteiger partial charge is 0.252 e. The SMILES string of the molecule is CS(=O)(=O)CCCn1cc(CCCCl)nn1. The number of rotatable bonds is 7. The summed E-state index contributed by atoms with van der Waals surface area (Å²) in [6.07, 6.45) is 5.34. The monoisotopic (exact) mass is 265 g/mol. The minimum atomic E-state index is -2.88. The molecular weight excluding hydrogens is 250 g/mol. The van der Waals surface area contributed by atoms with E-state index in [1.807, 2.05) is 6.20 Å². The van der Waals surface area contributed by atoms with Gasteiger partial charge in [-0.2, -0.15) is 0 Å². The summed E-state index contributed by atoms with van der Waals surface area (Å²) in [6, 6.07) is 0. The molecule has 0 unspecified atom stereocenters. The first-order valence-electron chi connectivity index (χ1n) is 5.14. The van der Waals surface area contributed by atoms with Gasteiger partial charge in [0.1, 0.15) is 9.84 Å². The van der Waals surface area contributed by atoms with E-state index in [2.05, 4.69) is 10.3 Å². The van der Waals surface area contributed by atoms with Crippen LogP contribution in [0.5, 0.6) is 0 Å². The lowest BCUT2D eigenvalue weighted by Crippen LogP contribution is -2.07. The molecule has 16 heavy (non-hydrogen) atoms. The highest BCUT2D eigenvalue weighted by Gasteiger charge is 2.04. The van der Waals surface area contributed by atoms with Gasteiger partial charge in [0.15, 0.2) is 0 Å². The molecule has 0 bridgehead atoms. The molecule has 0 fully saturated rings. The van der Waals surface area contributed by atoms with Crippen LogP contribution in [0.2, 0.25) is 0 Å². The van der Waals surface area contributed by atoms with Crippen LogP contribution in [0.3, 0.4) is 0 Å². The van der Waals surface area contributed by atoms with E-state index in [-0.39, 0.29) is 5.75 Å². The molecule has 92 valence electrons. The fourth-order valence-electron chi connectivity index (χ4n) is 1.30. The minimum absolute atomic E-state index is 0.184. The van der Waals surface area contributed by atoms with E-state index >= 15 is 0 Å². The summed E-state index contributed by atoms with van der Waals surface area (Å²) in [4.78, 5) is 0. The van der Waals surface area contributed by atoms with Crippen molar-refractivity contribution in [1.82, 2.24) is 15.0 Å². The Morgan fingerprint density at radius 3 is 2.81 bits per heavy atom. The quantitative estimate of drug-likeness (QED) is 0.687. The number of aromatic nitrogens is 3. The maximum atomic E-state index is 10.9. The molecule has 7 heteroatoms. The predicted molar refractivity (Wildman–Crippen MR) is 63.4 cm³/mol. The van der Waals surface area contributed by atoms with Crippen LogP contribution in [-0.2, 0) is 22.8 Å². The third-order valence-corrected chi connectivity index (χ3v) is 3.35. The topological polar surface area (TPSA) is 64.8 Å². The molecule has 5 nitrogen and oxygen atoms in total. The van der Waals surface area contributed by atoms with E-state index in [4.69, 9.17) is 11.6 Å². The van der Waals surface area contributed by atoms with Crippen molar-refractivity contribution < 1.29 is 8.42 Å². The molecule has 0 saturated carbocycles. The second-order valence-corrected chi connectivity index (χ2v) is 6.39. The highest BCUT2D eigenvalue weighted by molar-refractivity contribution is 7.90. The van der Waals surface area contributed by atoms with Gasteiger partial charge in [0.25, 0.3) is 0 Å².